The van der Waals surface area contributed by atoms with Crippen molar-refractivity contribution in [1.29, 1.82) is 5.26 Å². The largest absolute Gasteiger partial charge is 0.492 e. The number of nitrogens with zero attached hydrogens (tertiary/aromatic N) is 1. The lowest BCUT2D eigenvalue weighted by Gasteiger charge is -2.15. The quantitative estimate of drug-likeness (QED) is 0.789. The average Bonchev–Trinajstić information content (AvgIpc) is 2.26. The first-order chi connectivity index (χ1) is 7.60. The van der Waals surface area contributed by atoms with E-state index in [9.17, 15) is 0 Å². The van der Waals surface area contributed by atoms with E-state index >= 15 is 0 Å². The molecule has 0 aliphatic heterocycles. The second-order valence-electron chi connectivity index (χ2n) is 3.99. The van der Waals surface area contributed by atoms with Crippen molar-refractivity contribution in [2.24, 2.45) is 0 Å². The third kappa shape index (κ3) is 2.90. The van der Waals surface area contributed by atoms with Crippen LogP contribution in [0.1, 0.15) is 44.2 Å². The fourth-order valence-corrected chi connectivity index (χ4v) is 1.72. The third-order valence-electron chi connectivity index (χ3n) is 2.28. The van der Waals surface area contributed by atoms with Gasteiger partial charge >= 0.3 is 0 Å². The van der Waals surface area contributed by atoms with Gasteiger partial charge in [0.2, 0.25) is 0 Å². The molecule has 0 bridgehead atoms. The van der Waals surface area contributed by atoms with E-state index in [4.69, 9.17) is 21.6 Å². The molecule has 0 spiro atoms. The molecule has 0 N–H and O–H groups in total. The predicted octanol–water partition coefficient (Wildman–Crippen LogP) is 4.12. The van der Waals surface area contributed by atoms with E-state index in [1.165, 1.54) is 0 Å². The molecule has 0 heterocycles. The van der Waals surface area contributed by atoms with Gasteiger partial charge in [-0.3, -0.25) is 0 Å². The minimum Gasteiger partial charge on any atom is -0.492 e. The van der Waals surface area contributed by atoms with Crippen LogP contribution < -0.4 is 4.74 Å². The summed E-state index contributed by atoms with van der Waals surface area (Å²) in [5.41, 5.74) is 1.52. The van der Waals surface area contributed by atoms with Gasteiger partial charge in [-0.15, -0.1) is 0 Å². The first-order valence-corrected chi connectivity index (χ1v) is 5.84. The van der Waals surface area contributed by atoms with Gasteiger partial charge in [0.05, 0.1) is 12.2 Å². The van der Waals surface area contributed by atoms with Gasteiger partial charge in [0.25, 0.3) is 0 Å². The van der Waals surface area contributed by atoms with Gasteiger partial charge in [0, 0.05) is 5.02 Å². The molecular weight excluding hydrogens is 222 g/mol. The topological polar surface area (TPSA) is 33.0 Å². The monoisotopic (exact) mass is 237 g/mol. The summed E-state index contributed by atoms with van der Waals surface area (Å²) in [6, 6.07) is 5.66. The minimum atomic E-state index is 0.289. The minimum absolute atomic E-state index is 0.289. The lowest BCUT2D eigenvalue weighted by atomic mass is 9.99. The van der Waals surface area contributed by atoms with Gasteiger partial charge < -0.3 is 4.74 Å². The number of halogens is 1. The third-order valence-corrected chi connectivity index (χ3v) is 2.49. The molecule has 0 radical (unpaired) electrons. The van der Waals surface area contributed by atoms with E-state index in [0.29, 0.717) is 22.9 Å². The van der Waals surface area contributed by atoms with E-state index in [1.807, 2.05) is 13.0 Å². The standard InChI is InChI=1S/C13H16ClNO/c1-4-5-16-13-10(8-15)6-11(14)7-12(13)9(2)3/h6-7,9H,4-5H2,1-3H3. The van der Waals surface area contributed by atoms with Gasteiger partial charge in [-0.05, 0) is 30.0 Å². The lowest BCUT2D eigenvalue weighted by Crippen LogP contribution is -2.02. The molecular formula is C13H16ClNO. The van der Waals surface area contributed by atoms with Crippen LogP contribution in [-0.2, 0) is 0 Å². The molecule has 1 aromatic carbocycles. The zero-order valence-corrected chi connectivity index (χ0v) is 10.6. The van der Waals surface area contributed by atoms with Crippen LogP contribution in [0.15, 0.2) is 12.1 Å². The highest BCUT2D eigenvalue weighted by atomic mass is 35.5. The van der Waals surface area contributed by atoms with Gasteiger partial charge in [0.1, 0.15) is 11.8 Å². The summed E-state index contributed by atoms with van der Waals surface area (Å²) >= 11 is 5.97. The fourth-order valence-electron chi connectivity index (χ4n) is 1.49. The maximum Gasteiger partial charge on any atom is 0.140 e. The Morgan fingerprint density at radius 3 is 2.62 bits per heavy atom. The van der Waals surface area contributed by atoms with Crippen molar-refractivity contribution in [3.8, 4) is 11.8 Å². The van der Waals surface area contributed by atoms with Crippen molar-refractivity contribution in [3.63, 3.8) is 0 Å². The molecule has 1 aromatic rings. The maximum absolute atomic E-state index is 9.06. The molecule has 0 saturated carbocycles. The van der Waals surface area contributed by atoms with Crippen LogP contribution in [0, 0.1) is 11.3 Å². The highest BCUT2D eigenvalue weighted by Gasteiger charge is 2.14. The summed E-state index contributed by atoms with van der Waals surface area (Å²) in [7, 11) is 0. The van der Waals surface area contributed by atoms with Crippen LogP contribution in [0.4, 0.5) is 0 Å². The Kier molecular flexibility index (Phi) is 4.64. The van der Waals surface area contributed by atoms with Crippen LogP contribution in [0.3, 0.4) is 0 Å². The van der Waals surface area contributed by atoms with Crippen LogP contribution in [-0.4, -0.2) is 6.61 Å². The van der Waals surface area contributed by atoms with E-state index in [2.05, 4.69) is 19.9 Å². The number of benzene rings is 1. The second-order valence-corrected chi connectivity index (χ2v) is 4.42. The Bertz CT molecular complexity index is 407. The number of rotatable bonds is 4. The van der Waals surface area contributed by atoms with Crippen molar-refractivity contribution in [3.05, 3.63) is 28.3 Å². The zero-order chi connectivity index (χ0) is 12.1. The molecule has 2 nitrogen and oxygen atoms in total. The van der Waals surface area contributed by atoms with Crippen molar-refractivity contribution < 1.29 is 4.74 Å². The maximum atomic E-state index is 9.06. The number of nitriles is 1. The van der Waals surface area contributed by atoms with E-state index in [-0.39, 0.29) is 5.92 Å². The summed E-state index contributed by atoms with van der Waals surface area (Å²) in [6.45, 7) is 6.78. The molecule has 0 aliphatic rings. The summed E-state index contributed by atoms with van der Waals surface area (Å²) in [5.74, 6) is 0.974. The van der Waals surface area contributed by atoms with Crippen LogP contribution in [0.2, 0.25) is 5.02 Å². The second kappa shape index (κ2) is 5.77. The van der Waals surface area contributed by atoms with E-state index < -0.39 is 0 Å². The van der Waals surface area contributed by atoms with Gasteiger partial charge in [-0.2, -0.15) is 5.26 Å². The fraction of sp³-hybridized carbons (Fsp3) is 0.462. The molecule has 0 fully saturated rings. The predicted molar refractivity (Wildman–Crippen MR) is 66.0 cm³/mol. The molecule has 86 valence electrons. The smallest absolute Gasteiger partial charge is 0.140 e. The number of hydrogen-bond donors (Lipinski definition) is 0. The molecule has 1 rings (SSSR count). The van der Waals surface area contributed by atoms with E-state index in [0.717, 1.165) is 12.0 Å². The summed E-state index contributed by atoms with van der Waals surface area (Å²) < 4.78 is 5.64. The average molecular weight is 238 g/mol. The highest BCUT2D eigenvalue weighted by Crippen LogP contribution is 2.33. The lowest BCUT2D eigenvalue weighted by molar-refractivity contribution is 0.312. The Morgan fingerprint density at radius 2 is 2.12 bits per heavy atom. The van der Waals surface area contributed by atoms with Gasteiger partial charge in [0.15, 0.2) is 0 Å². The highest BCUT2D eigenvalue weighted by molar-refractivity contribution is 6.30. The van der Waals surface area contributed by atoms with Crippen LogP contribution in [0.25, 0.3) is 0 Å². The van der Waals surface area contributed by atoms with E-state index in [1.54, 1.807) is 6.07 Å². The first-order valence-electron chi connectivity index (χ1n) is 5.46. The Labute approximate surface area is 102 Å². The molecule has 0 aliphatic carbocycles. The van der Waals surface area contributed by atoms with Crippen molar-refractivity contribution in [2.75, 3.05) is 6.61 Å². The van der Waals surface area contributed by atoms with Crippen LogP contribution in [0.5, 0.6) is 5.75 Å². The Balaban J connectivity index is 3.23. The summed E-state index contributed by atoms with van der Waals surface area (Å²) in [4.78, 5) is 0. The van der Waals surface area contributed by atoms with Gasteiger partial charge in [-0.1, -0.05) is 32.4 Å². The number of ether oxygens (including phenoxy) is 1. The Hall–Kier alpha value is -1.20. The van der Waals surface area contributed by atoms with Crippen LogP contribution >= 0.6 is 11.6 Å². The molecule has 0 saturated heterocycles. The molecule has 16 heavy (non-hydrogen) atoms. The van der Waals surface area contributed by atoms with Crippen molar-refractivity contribution in [2.45, 2.75) is 33.1 Å². The van der Waals surface area contributed by atoms with Gasteiger partial charge in [-0.25, -0.2) is 0 Å². The molecule has 3 heteroatoms. The first kappa shape index (κ1) is 12.9. The van der Waals surface area contributed by atoms with Crippen molar-refractivity contribution in [1.82, 2.24) is 0 Å². The Morgan fingerprint density at radius 1 is 1.44 bits per heavy atom. The summed E-state index contributed by atoms with van der Waals surface area (Å²) in [6.07, 6.45) is 0.922. The number of hydrogen-bond acceptors (Lipinski definition) is 2. The molecule has 0 amide bonds. The normalized spacial score (nSPS) is 10.2. The summed E-state index contributed by atoms with van der Waals surface area (Å²) in [5, 5.41) is 9.65. The zero-order valence-electron chi connectivity index (χ0n) is 9.88. The molecule has 0 atom stereocenters. The molecule has 0 aromatic heterocycles. The van der Waals surface area contributed by atoms with Crippen molar-refractivity contribution >= 4 is 11.6 Å². The SMILES string of the molecule is CCCOc1c(C#N)cc(Cl)cc1C(C)C. The molecule has 0 unspecified atom stereocenters.